The minimum atomic E-state index is -0.219. The van der Waals surface area contributed by atoms with Crippen molar-refractivity contribution < 1.29 is 9.53 Å². The molecule has 0 N–H and O–H groups in total. The second-order valence-electron chi connectivity index (χ2n) is 11.7. The number of ether oxygens (including phenoxy) is 1. The molecule has 0 saturated carbocycles. The first kappa shape index (κ1) is 35.5. The number of rotatable bonds is 29. The standard InChI is InChI=1S/C34H68O2/c1-5-9-12-15-17-19-21-23-26-29-32-34(33(35)36-8-4,30-27-24-14-11-7-3)31-28-25-22-20-18-16-13-10-6-2/h5-32H2,1-4H3. The molecule has 0 aliphatic heterocycles. The predicted octanol–water partition coefficient (Wildman–Crippen LogP) is 12.1. The third kappa shape index (κ3) is 20.5. The molecule has 0 spiro atoms. The zero-order valence-corrected chi connectivity index (χ0v) is 25.6. The number of carbonyl (C=O) groups excluding carboxylic acids is 1. The normalized spacial score (nSPS) is 13.1. The Morgan fingerprint density at radius 2 is 0.667 bits per heavy atom. The summed E-state index contributed by atoms with van der Waals surface area (Å²) in [6.07, 6.45) is 35.1. The van der Waals surface area contributed by atoms with Gasteiger partial charge in [-0.25, -0.2) is 0 Å². The van der Waals surface area contributed by atoms with Gasteiger partial charge in [0.1, 0.15) is 0 Å². The number of hydrogen-bond acceptors (Lipinski definition) is 2. The molecule has 216 valence electrons. The molecule has 0 fully saturated rings. The second-order valence-corrected chi connectivity index (χ2v) is 11.7. The third-order valence-corrected chi connectivity index (χ3v) is 8.24. The first-order valence-corrected chi connectivity index (χ1v) is 16.8. The van der Waals surface area contributed by atoms with Crippen LogP contribution in [-0.2, 0) is 9.53 Å². The van der Waals surface area contributed by atoms with Crippen molar-refractivity contribution in [1.29, 1.82) is 0 Å². The van der Waals surface area contributed by atoms with Crippen LogP contribution >= 0.6 is 0 Å². The SMILES string of the molecule is CCCCCCCCCCCCC(CCCCCCC)(CCCCCCCCCCC)C(=O)OCC. The van der Waals surface area contributed by atoms with E-state index in [-0.39, 0.29) is 11.4 Å². The van der Waals surface area contributed by atoms with Gasteiger partial charge in [0.15, 0.2) is 0 Å². The van der Waals surface area contributed by atoms with Crippen LogP contribution < -0.4 is 0 Å². The maximum atomic E-state index is 13.3. The fourth-order valence-corrected chi connectivity index (χ4v) is 5.76. The first-order chi connectivity index (χ1) is 17.7. The Labute approximate surface area is 228 Å². The summed E-state index contributed by atoms with van der Waals surface area (Å²) in [6.45, 7) is 9.35. The van der Waals surface area contributed by atoms with E-state index in [9.17, 15) is 4.79 Å². The summed E-state index contributed by atoms with van der Waals surface area (Å²) in [5.74, 6) is 0.121. The highest BCUT2D eigenvalue weighted by molar-refractivity contribution is 5.76. The van der Waals surface area contributed by atoms with Crippen LogP contribution in [-0.4, -0.2) is 12.6 Å². The molecule has 0 aromatic carbocycles. The minimum absolute atomic E-state index is 0.121. The zero-order valence-electron chi connectivity index (χ0n) is 25.6. The number of unbranched alkanes of at least 4 members (excludes halogenated alkanes) is 21. The summed E-state index contributed by atoms with van der Waals surface area (Å²) in [5.41, 5.74) is -0.219. The van der Waals surface area contributed by atoms with E-state index in [0.717, 1.165) is 19.3 Å². The average Bonchev–Trinajstić information content (AvgIpc) is 2.88. The topological polar surface area (TPSA) is 26.3 Å². The lowest BCUT2D eigenvalue weighted by molar-refractivity contribution is -0.157. The van der Waals surface area contributed by atoms with Crippen LogP contribution in [0.25, 0.3) is 0 Å². The Hall–Kier alpha value is -0.530. The van der Waals surface area contributed by atoms with Gasteiger partial charge < -0.3 is 4.74 Å². The molecule has 1 unspecified atom stereocenters. The summed E-state index contributed by atoms with van der Waals surface area (Å²) in [4.78, 5) is 13.3. The Morgan fingerprint density at radius 3 is 0.917 bits per heavy atom. The van der Waals surface area contributed by atoms with E-state index in [4.69, 9.17) is 4.74 Å². The summed E-state index contributed by atoms with van der Waals surface area (Å²) in [7, 11) is 0. The quantitative estimate of drug-likeness (QED) is 0.0741. The van der Waals surface area contributed by atoms with E-state index in [1.165, 1.54) is 154 Å². The van der Waals surface area contributed by atoms with Crippen LogP contribution in [0.3, 0.4) is 0 Å². The van der Waals surface area contributed by atoms with Gasteiger partial charge in [0.25, 0.3) is 0 Å². The van der Waals surface area contributed by atoms with Gasteiger partial charge in [-0.2, -0.15) is 0 Å². The largest absolute Gasteiger partial charge is 0.466 e. The molecular formula is C34H68O2. The molecule has 0 aromatic heterocycles. The molecule has 0 aliphatic carbocycles. The van der Waals surface area contributed by atoms with Crippen LogP contribution in [0.1, 0.15) is 201 Å². The van der Waals surface area contributed by atoms with Crippen molar-refractivity contribution in [1.82, 2.24) is 0 Å². The molecule has 0 rings (SSSR count). The monoisotopic (exact) mass is 509 g/mol. The van der Waals surface area contributed by atoms with E-state index < -0.39 is 0 Å². The van der Waals surface area contributed by atoms with Gasteiger partial charge in [-0.15, -0.1) is 0 Å². The number of esters is 1. The molecule has 0 aliphatic rings. The number of hydrogen-bond donors (Lipinski definition) is 0. The molecule has 0 bridgehead atoms. The summed E-state index contributed by atoms with van der Waals surface area (Å²) in [6, 6.07) is 0. The van der Waals surface area contributed by atoms with Gasteiger partial charge in [0.05, 0.1) is 12.0 Å². The Morgan fingerprint density at radius 1 is 0.417 bits per heavy atom. The third-order valence-electron chi connectivity index (χ3n) is 8.24. The smallest absolute Gasteiger partial charge is 0.312 e. The molecule has 0 heterocycles. The van der Waals surface area contributed by atoms with Crippen LogP contribution in [0.15, 0.2) is 0 Å². The van der Waals surface area contributed by atoms with Crippen molar-refractivity contribution in [3.05, 3.63) is 0 Å². The molecule has 0 radical (unpaired) electrons. The van der Waals surface area contributed by atoms with Crippen LogP contribution in [0.2, 0.25) is 0 Å². The predicted molar refractivity (Wildman–Crippen MR) is 161 cm³/mol. The summed E-state index contributed by atoms with van der Waals surface area (Å²) >= 11 is 0. The van der Waals surface area contributed by atoms with E-state index in [0.29, 0.717) is 6.61 Å². The molecule has 2 nitrogen and oxygen atoms in total. The van der Waals surface area contributed by atoms with Crippen molar-refractivity contribution in [2.75, 3.05) is 6.61 Å². The maximum Gasteiger partial charge on any atom is 0.312 e. The maximum absolute atomic E-state index is 13.3. The lowest BCUT2D eigenvalue weighted by atomic mass is 9.74. The van der Waals surface area contributed by atoms with Crippen LogP contribution in [0, 0.1) is 5.41 Å². The Bertz CT molecular complexity index is 446. The molecule has 36 heavy (non-hydrogen) atoms. The molecular weight excluding hydrogens is 440 g/mol. The first-order valence-electron chi connectivity index (χ1n) is 16.8. The molecule has 1 atom stereocenters. The summed E-state index contributed by atoms with van der Waals surface area (Å²) < 4.78 is 5.72. The summed E-state index contributed by atoms with van der Waals surface area (Å²) in [5, 5.41) is 0. The van der Waals surface area contributed by atoms with Gasteiger partial charge in [-0.1, -0.05) is 175 Å². The van der Waals surface area contributed by atoms with Crippen molar-refractivity contribution >= 4 is 5.97 Å². The van der Waals surface area contributed by atoms with Gasteiger partial charge in [-0.3, -0.25) is 4.79 Å². The lowest BCUT2D eigenvalue weighted by Crippen LogP contribution is -2.33. The molecule has 0 aromatic rings. The van der Waals surface area contributed by atoms with E-state index in [2.05, 4.69) is 20.8 Å². The highest BCUT2D eigenvalue weighted by Crippen LogP contribution is 2.39. The van der Waals surface area contributed by atoms with E-state index >= 15 is 0 Å². The highest BCUT2D eigenvalue weighted by Gasteiger charge is 2.38. The molecule has 0 saturated heterocycles. The van der Waals surface area contributed by atoms with Crippen LogP contribution in [0.5, 0.6) is 0 Å². The Balaban J connectivity index is 4.60. The van der Waals surface area contributed by atoms with Gasteiger partial charge >= 0.3 is 5.97 Å². The van der Waals surface area contributed by atoms with Crippen molar-refractivity contribution in [3.63, 3.8) is 0 Å². The average molecular weight is 509 g/mol. The van der Waals surface area contributed by atoms with E-state index in [1.807, 2.05) is 6.92 Å². The number of carbonyl (C=O) groups is 1. The van der Waals surface area contributed by atoms with Gasteiger partial charge in [0, 0.05) is 0 Å². The van der Waals surface area contributed by atoms with Gasteiger partial charge in [0.2, 0.25) is 0 Å². The van der Waals surface area contributed by atoms with Crippen molar-refractivity contribution in [2.24, 2.45) is 5.41 Å². The van der Waals surface area contributed by atoms with Crippen molar-refractivity contribution in [3.8, 4) is 0 Å². The zero-order chi connectivity index (χ0) is 26.6. The minimum Gasteiger partial charge on any atom is -0.466 e. The molecule has 2 heteroatoms. The fourth-order valence-electron chi connectivity index (χ4n) is 5.76. The lowest BCUT2D eigenvalue weighted by Gasteiger charge is -2.32. The molecule has 0 amide bonds. The van der Waals surface area contributed by atoms with Crippen LogP contribution in [0.4, 0.5) is 0 Å². The highest BCUT2D eigenvalue weighted by atomic mass is 16.5. The van der Waals surface area contributed by atoms with E-state index in [1.54, 1.807) is 0 Å². The Kier molecular flexibility index (Phi) is 27.1. The fraction of sp³-hybridized carbons (Fsp3) is 0.971. The van der Waals surface area contributed by atoms with Gasteiger partial charge in [-0.05, 0) is 26.2 Å². The van der Waals surface area contributed by atoms with Crippen molar-refractivity contribution in [2.45, 2.75) is 201 Å². The second kappa shape index (κ2) is 27.5.